The Morgan fingerprint density at radius 2 is 1.88 bits per heavy atom. The lowest BCUT2D eigenvalue weighted by molar-refractivity contribution is -0.116. The molecule has 0 aliphatic carbocycles. The summed E-state index contributed by atoms with van der Waals surface area (Å²) in [5, 5.41) is 0. The molecule has 1 heterocycles. The number of hydrogen-bond donors (Lipinski definition) is 1. The summed E-state index contributed by atoms with van der Waals surface area (Å²) in [5.41, 5.74) is 9.05. The van der Waals surface area contributed by atoms with Crippen LogP contribution in [0.1, 0.15) is 26.3 Å². The van der Waals surface area contributed by atoms with E-state index in [0.717, 1.165) is 17.9 Å². The molecule has 1 aromatic heterocycles. The summed E-state index contributed by atoms with van der Waals surface area (Å²) in [7, 11) is 0. The summed E-state index contributed by atoms with van der Waals surface area (Å²) in [6.45, 7) is 7.00. The van der Waals surface area contributed by atoms with Crippen molar-refractivity contribution in [2.24, 2.45) is 0 Å². The summed E-state index contributed by atoms with van der Waals surface area (Å²) >= 11 is -0.0961. The van der Waals surface area contributed by atoms with Gasteiger partial charge in [-0.1, -0.05) is 30.3 Å². The van der Waals surface area contributed by atoms with E-state index >= 15 is 0 Å². The third-order valence-corrected chi connectivity index (χ3v) is 6.15. The quantitative estimate of drug-likeness (QED) is 0.535. The van der Waals surface area contributed by atoms with E-state index in [0.29, 0.717) is 12.4 Å². The molecule has 0 bridgehead atoms. The Balaban J connectivity index is 2.47. The minimum absolute atomic E-state index is 0.00162. The van der Waals surface area contributed by atoms with Crippen molar-refractivity contribution < 1.29 is 4.79 Å². The zero-order valence-corrected chi connectivity index (χ0v) is 17.3. The smallest absolute Gasteiger partial charge is 0.223 e. The molecule has 0 aliphatic rings. The maximum atomic E-state index is 11.9. The molecule has 0 aliphatic heterocycles. The fraction of sp³-hybridized carbons (Fsp3) is 0.316. The van der Waals surface area contributed by atoms with Gasteiger partial charge >= 0.3 is 0 Å². The molecule has 2 aromatic rings. The number of nitrogen functional groups attached to an aromatic ring is 1. The van der Waals surface area contributed by atoms with Crippen molar-refractivity contribution in [1.29, 1.82) is 0 Å². The van der Waals surface area contributed by atoms with Crippen molar-refractivity contribution in [2.45, 2.75) is 27.3 Å². The van der Waals surface area contributed by atoms with Gasteiger partial charge in [0.15, 0.2) is 0 Å². The van der Waals surface area contributed by atoms with Crippen molar-refractivity contribution in [3.63, 3.8) is 0 Å². The Labute approximate surface area is 159 Å². The lowest BCUT2D eigenvalue weighted by Crippen LogP contribution is -2.30. The van der Waals surface area contributed by atoms with Gasteiger partial charge in [-0.15, -0.1) is 20.7 Å². The first-order valence-electron chi connectivity index (χ1n) is 8.16. The van der Waals surface area contributed by atoms with Crippen LogP contribution in [0, 0.1) is 0 Å². The zero-order chi connectivity index (χ0) is 18.4. The van der Waals surface area contributed by atoms with Gasteiger partial charge in [0.2, 0.25) is 5.91 Å². The number of amides is 1. The second-order valence-corrected chi connectivity index (χ2v) is 8.26. The number of anilines is 3. The highest BCUT2D eigenvalue weighted by Crippen LogP contribution is 2.29. The van der Waals surface area contributed by atoms with Crippen LogP contribution in [0.25, 0.3) is 0 Å². The molecule has 6 heteroatoms. The standard InChI is InChI=1S/C19H25IN4O/c1-5-23(15(3)25)17-11-18(19(21)22-12-17)24(14(2)20-4)13-16-9-7-6-8-10-16/h6-12H,5,13H2,1-4H3,(H2,21,22). The van der Waals surface area contributed by atoms with Crippen LogP contribution in [0.3, 0.4) is 0 Å². The molecule has 5 nitrogen and oxygen atoms in total. The fourth-order valence-corrected chi connectivity index (χ4v) is 3.64. The third-order valence-electron chi connectivity index (χ3n) is 4.01. The van der Waals surface area contributed by atoms with Crippen molar-refractivity contribution in [3.8, 4) is 0 Å². The lowest BCUT2D eigenvalue weighted by atomic mass is 10.2. The molecule has 1 aromatic carbocycles. The van der Waals surface area contributed by atoms with E-state index in [-0.39, 0.29) is 26.6 Å². The maximum Gasteiger partial charge on any atom is 0.223 e. The van der Waals surface area contributed by atoms with Gasteiger partial charge in [0.25, 0.3) is 0 Å². The first-order valence-corrected chi connectivity index (χ1v) is 11.4. The predicted octanol–water partition coefficient (Wildman–Crippen LogP) is 3.79. The summed E-state index contributed by atoms with van der Waals surface area (Å²) in [6, 6.07) is 12.3. The average molecular weight is 452 g/mol. The molecular weight excluding hydrogens is 427 g/mol. The number of carbonyl (C=O) groups excluding carboxylic acids is 1. The van der Waals surface area contributed by atoms with Crippen molar-refractivity contribution in [1.82, 2.24) is 4.98 Å². The number of halogens is 1. The molecule has 0 atom stereocenters. The minimum atomic E-state index is -0.0961. The van der Waals surface area contributed by atoms with Gasteiger partial charge in [-0.25, -0.2) is 4.98 Å². The summed E-state index contributed by atoms with van der Waals surface area (Å²) in [4.78, 5) is 22.4. The van der Waals surface area contributed by atoms with Crippen LogP contribution in [0.15, 0.2) is 42.6 Å². The minimum Gasteiger partial charge on any atom is -0.382 e. The molecular formula is C19H25IN4O. The summed E-state index contributed by atoms with van der Waals surface area (Å²) in [5.74, 6) is 0.481. The van der Waals surface area contributed by atoms with E-state index in [9.17, 15) is 4.79 Å². The SMILES string of the molecule is CCN(C(C)=O)c1cnc(N)c(N(Cc2ccccc2)C(C)=IC)c1. The number of rotatable bonds is 6. The molecule has 0 saturated heterocycles. The first-order chi connectivity index (χ1) is 12.0. The van der Waals surface area contributed by atoms with E-state index in [1.54, 1.807) is 18.0 Å². The van der Waals surface area contributed by atoms with Gasteiger partial charge in [-0.2, -0.15) is 0 Å². The van der Waals surface area contributed by atoms with Crippen LogP contribution >= 0.6 is 20.7 Å². The molecule has 0 saturated carbocycles. The van der Waals surface area contributed by atoms with Gasteiger partial charge in [-0.3, -0.25) is 4.79 Å². The second-order valence-electron chi connectivity index (χ2n) is 5.62. The number of nitrogens with two attached hydrogens (primary N) is 1. The van der Waals surface area contributed by atoms with Crippen LogP contribution in [0.4, 0.5) is 17.2 Å². The molecule has 0 radical (unpaired) electrons. The van der Waals surface area contributed by atoms with Crippen molar-refractivity contribution in [3.05, 3.63) is 48.2 Å². The van der Waals surface area contributed by atoms with Crippen LogP contribution in [0.5, 0.6) is 0 Å². The Kier molecular flexibility index (Phi) is 6.92. The third kappa shape index (κ3) is 4.78. The maximum absolute atomic E-state index is 11.9. The second kappa shape index (κ2) is 8.94. The van der Waals surface area contributed by atoms with Crippen LogP contribution in [0.2, 0.25) is 0 Å². The highest BCUT2D eigenvalue weighted by Gasteiger charge is 2.17. The van der Waals surface area contributed by atoms with E-state index in [4.69, 9.17) is 5.73 Å². The normalized spacial score (nSPS) is 11.6. The van der Waals surface area contributed by atoms with Gasteiger partial charge in [0.1, 0.15) is 5.82 Å². The Hall–Kier alpha value is -1.96. The molecule has 25 heavy (non-hydrogen) atoms. The van der Waals surface area contributed by atoms with Crippen molar-refractivity contribution in [2.75, 3.05) is 27.0 Å². The Morgan fingerprint density at radius 1 is 1.20 bits per heavy atom. The van der Waals surface area contributed by atoms with E-state index < -0.39 is 0 Å². The molecule has 2 rings (SSSR count). The van der Waals surface area contributed by atoms with Gasteiger partial charge in [0, 0.05) is 23.6 Å². The number of benzene rings is 1. The first kappa shape index (κ1) is 19.4. The zero-order valence-electron chi connectivity index (χ0n) is 15.2. The van der Waals surface area contributed by atoms with E-state index in [1.165, 1.54) is 9.20 Å². The number of alkyl halides is 1. The number of carbonyl (C=O) groups is 1. The topological polar surface area (TPSA) is 62.5 Å². The number of pyridine rings is 1. The number of aromatic nitrogens is 1. The number of hydrogen-bond acceptors (Lipinski definition) is 4. The van der Waals surface area contributed by atoms with E-state index in [2.05, 4.69) is 33.9 Å². The predicted molar refractivity (Wildman–Crippen MR) is 116 cm³/mol. The van der Waals surface area contributed by atoms with Gasteiger partial charge in [0.05, 0.1) is 17.6 Å². The highest BCUT2D eigenvalue weighted by atomic mass is 127. The molecule has 2 N–H and O–H groups in total. The van der Waals surface area contributed by atoms with E-state index in [1.807, 2.05) is 31.2 Å². The summed E-state index contributed by atoms with van der Waals surface area (Å²) in [6.07, 6.45) is 1.67. The lowest BCUT2D eigenvalue weighted by Gasteiger charge is -2.28. The average Bonchev–Trinajstić information content (AvgIpc) is 2.62. The monoisotopic (exact) mass is 452 g/mol. The number of nitrogens with zero attached hydrogens (tertiary/aromatic N) is 3. The largest absolute Gasteiger partial charge is 0.382 e. The fourth-order valence-electron chi connectivity index (χ4n) is 2.63. The summed E-state index contributed by atoms with van der Waals surface area (Å²) < 4.78 is 1.30. The van der Waals surface area contributed by atoms with Crippen molar-refractivity contribution >= 4 is 47.5 Å². The van der Waals surface area contributed by atoms with Crippen LogP contribution in [-0.2, 0) is 11.3 Å². The Morgan fingerprint density at radius 3 is 2.44 bits per heavy atom. The Bertz CT molecular complexity index is 761. The van der Waals surface area contributed by atoms with Crippen LogP contribution in [-0.4, -0.2) is 26.0 Å². The van der Waals surface area contributed by atoms with Gasteiger partial charge in [-0.05, 0) is 30.4 Å². The van der Waals surface area contributed by atoms with Gasteiger partial charge < -0.3 is 15.5 Å². The molecule has 0 unspecified atom stereocenters. The molecule has 1 amide bonds. The molecule has 134 valence electrons. The highest BCUT2D eigenvalue weighted by molar-refractivity contribution is 14.2. The molecule has 0 fully saturated rings. The molecule has 0 spiro atoms. The van der Waals surface area contributed by atoms with Crippen LogP contribution < -0.4 is 15.5 Å².